The summed E-state index contributed by atoms with van der Waals surface area (Å²) in [7, 11) is 0. The summed E-state index contributed by atoms with van der Waals surface area (Å²) in [6, 6.07) is 37.2. The average Bonchev–Trinajstić information content (AvgIpc) is 3.60. The molecule has 0 radical (unpaired) electrons. The van der Waals surface area contributed by atoms with Crippen molar-refractivity contribution in [1.29, 1.82) is 0 Å². The number of benzene rings is 4. The van der Waals surface area contributed by atoms with E-state index in [1.54, 1.807) is 11.8 Å². The van der Waals surface area contributed by atoms with Crippen molar-refractivity contribution in [2.24, 2.45) is 5.10 Å². The van der Waals surface area contributed by atoms with Crippen molar-refractivity contribution in [3.63, 3.8) is 0 Å². The number of para-hydroxylation sites is 2. The smallest absolute Gasteiger partial charge is 0.0981 e. The topological polar surface area (TPSA) is 33.4 Å². The molecule has 0 spiro atoms. The quantitative estimate of drug-likeness (QED) is 0.211. The van der Waals surface area contributed by atoms with Gasteiger partial charge in [-0.05, 0) is 60.4 Å². The summed E-state index contributed by atoms with van der Waals surface area (Å²) >= 11 is 7.97. The van der Waals surface area contributed by atoms with Crippen molar-refractivity contribution >= 4 is 34.8 Å². The summed E-state index contributed by atoms with van der Waals surface area (Å²) in [5.74, 6) is 0. The number of aromatic nitrogens is 2. The van der Waals surface area contributed by atoms with Crippen LogP contribution in [0.3, 0.4) is 0 Å². The lowest BCUT2D eigenvalue weighted by Crippen LogP contribution is -2.18. The summed E-state index contributed by atoms with van der Waals surface area (Å²) in [5.41, 5.74) is 7.36. The molecular weight excluding hydrogens is 496 g/mol. The van der Waals surface area contributed by atoms with Gasteiger partial charge in [0.05, 0.1) is 28.8 Å². The maximum atomic E-state index is 6.23. The van der Waals surface area contributed by atoms with Crippen LogP contribution >= 0.6 is 23.4 Å². The highest BCUT2D eigenvalue weighted by atomic mass is 35.5. The Morgan fingerprint density at radius 3 is 2.03 bits per heavy atom. The molecule has 1 aliphatic rings. The summed E-state index contributed by atoms with van der Waals surface area (Å²) in [5, 5.41) is 13.1. The Kier molecular flexibility index (Phi) is 6.56. The molecule has 0 N–H and O–H groups in total. The Morgan fingerprint density at radius 1 is 0.757 bits per heavy atom. The molecule has 37 heavy (non-hydrogen) atoms. The Hall–Kier alpha value is -3.80. The van der Waals surface area contributed by atoms with Gasteiger partial charge in [0.1, 0.15) is 0 Å². The third-order valence-corrected chi connectivity index (χ3v) is 7.59. The predicted octanol–water partition coefficient (Wildman–Crippen LogP) is 8.27. The fourth-order valence-corrected chi connectivity index (χ4v) is 5.24. The van der Waals surface area contributed by atoms with Crippen molar-refractivity contribution in [3.05, 3.63) is 132 Å². The van der Waals surface area contributed by atoms with Gasteiger partial charge in [0, 0.05) is 33.7 Å². The molecule has 4 aromatic carbocycles. The van der Waals surface area contributed by atoms with E-state index >= 15 is 0 Å². The van der Waals surface area contributed by atoms with Crippen LogP contribution in [0.2, 0.25) is 5.02 Å². The summed E-state index contributed by atoms with van der Waals surface area (Å²) in [6.07, 6.45) is 5.02. The molecule has 0 bridgehead atoms. The second-order valence-electron chi connectivity index (χ2n) is 8.90. The van der Waals surface area contributed by atoms with E-state index in [4.69, 9.17) is 21.8 Å². The van der Waals surface area contributed by atoms with Crippen molar-refractivity contribution in [2.75, 3.05) is 11.3 Å². The van der Waals surface area contributed by atoms with E-state index in [2.05, 4.69) is 78.1 Å². The lowest BCUT2D eigenvalue weighted by atomic mass is 9.96. The van der Waals surface area contributed by atoms with Crippen molar-refractivity contribution in [2.45, 2.75) is 17.4 Å². The van der Waals surface area contributed by atoms with E-state index < -0.39 is 0 Å². The molecular formula is C31H25ClN4S. The maximum absolute atomic E-state index is 6.23. The Bertz CT molecular complexity index is 1530. The van der Waals surface area contributed by atoms with Gasteiger partial charge in [-0.25, -0.2) is 4.68 Å². The van der Waals surface area contributed by atoms with Crippen molar-refractivity contribution in [1.82, 2.24) is 9.78 Å². The van der Waals surface area contributed by atoms with Gasteiger partial charge in [-0.1, -0.05) is 72.3 Å². The molecule has 6 heteroatoms. The SMILES string of the molecule is CSc1ccc(C2=NN(c3ccccc3)C(c3cn(-c4ccccc4)nc3-c3ccc(Cl)cc3)C2)cc1. The Balaban J connectivity index is 1.48. The molecule has 0 saturated carbocycles. The third-order valence-electron chi connectivity index (χ3n) is 6.59. The van der Waals surface area contributed by atoms with Crippen molar-refractivity contribution in [3.8, 4) is 16.9 Å². The molecule has 5 aromatic rings. The number of hydrogen-bond donors (Lipinski definition) is 0. The molecule has 6 rings (SSSR count). The highest BCUT2D eigenvalue weighted by molar-refractivity contribution is 7.98. The van der Waals surface area contributed by atoms with Crippen LogP contribution in [-0.4, -0.2) is 21.7 Å². The molecule has 1 unspecified atom stereocenters. The van der Waals surface area contributed by atoms with Gasteiger partial charge in [-0.2, -0.15) is 10.2 Å². The number of nitrogens with zero attached hydrogens (tertiary/aromatic N) is 4. The zero-order chi connectivity index (χ0) is 25.2. The predicted molar refractivity (Wildman–Crippen MR) is 155 cm³/mol. The molecule has 1 aromatic heterocycles. The minimum atomic E-state index is -0.0132. The first kappa shape index (κ1) is 23.6. The zero-order valence-corrected chi connectivity index (χ0v) is 21.9. The normalized spacial score (nSPS) is 15.1. The van der Waals surface area contributed by atoms with Gasteiger partial charge < -0.3 is 0 Å². The third kappa shape index (κ3) is 4.80. The maximum Gasteiger partial charge on any atom is 0.0981 e. The second kappa shape index (κ2) is 10.3. The molecule has 0 aliphatic carbocycles. The van der Waals surface area contributed by atoms with E-state index in [1.807, 2.05) is 53.2 Å². The van der Waals surface area contributed by atoms with Crippen LogP contribution in [0.1, 0.15) is 23.6 Å². The van der Waals surface area contributed by atoms with Crippen LogP contribution in [0.5, 0.6) is 0 Å². The van der Waals surface area contributed by atoms with Gasteiger partial charge >= 0.3 is 0 Å². The first-order chi connectivity index (χ1) is 18.2. The van der Waals surface area contributed by atoms with Crippen LogP contribution in [0.4, 0.5) is 5.69 Å². The van der Waals surface area contributed by atoms with E-state index in [9.17, 15) is 0 Å². The average molecular weight is 521 g/mol. The first-order valence-electron chi connectivity index (χ1n) is 12.2. The number of rotatable bonds is 6. The van der Waals surface area contributed by atoms with E-state index in [0.29, 0.717) is 5.02 Å². The summed E-state index contributed by atoms with van der Waals surface area (Å²) < 4.78 is 1.97. The lowest BCUT2D eigenvalue weighted by Gasteiger charge is -2.23. The van der Waals surface area contributed by atoms with Crippen LogP contribution in [0.25, 0.3) is 16.9 Å². The Morgan fingerprint density at radius 2 is 1.38 bits per heavy atom. The number of hydrazone groups is 1. The van der Waals surface area contributed by atoms with Crippen molar-refractivity contribution < 1.29 is 0 Å². The minimum absolute atomic E-state index is 0.0132. The van der Waals surface area contributed by atoms with E-state index in [0.717, 1.165) is 45.9 Å². The molecule has 182 valence electrons. The van der Waals surface area contributed by atoms with Gasteiger partial charge in [0.25, 0.3) is 0 Å². The van der Waals surface area contributed by atoms with Gasteiger partial charge in [-0.3, -0.25) is 5.01 Å². The standard InChI is InChI=1S/C31H25ClN4S/c1-37-27-18-14-22(15-19-27)29-20-30(36(33-29)26-10-6-3-7-11-26)28-21-35(25-8-4-2-5-9-25)34-31(28)23-12-16-24(32)17-13-23/h2-19,21,30H,20H2,1H3. The molecule has 2 heterocycles. The van der Waals surface area contributed by atoms with E-state index in [1.165, 1.54) is 4.90 Å². The highest BCUT2D eigenvalue weighted by Crippen LogP contribution is 2.41. The van der Waals surface area contributed by atoms with Crippen LogP contribution in [-0.2, 0) is 0 Å². The first-order valence-corrected chi connectivity index (χ1v) is 13.8. The van der Waals surface area contributed by atoms with Gasteiger partial charge in [0.15, 0.2) is 0 Å². The molecule has 0 saturated heterocycles. The fraction of sp³-hybridized carbons (Fsp3) is 0.0968. The molecule has 4 nitrogen and oxygen atoms in total. The number of halogens is 1. The molecule has 0 fully saturated rings. The number of hydrogen-bond acceptors (Lipinski definition) is 4. The molecule has 1 atom stereocenters. The molecule has 1 aliphatic heterocycles. The Labute approximate surface area is 226 Å². The highest BCUT2D eigenvalue weighted by Gasteiger charge is 2.33. The fourth-order valence-electron chi connectivity index (χ4n) is 4.71. The van der Waals surface area contributed by atoms with Crippen LogP contribution < -0.4 is 5.01 Å². The number of anilines is 1. The monoisotopic (exact) mass is 520 g/mol. The lowest BCUT2D eigenvalue weighted by molar-refractivity contribution is 0.709. The largest absolute Gasteiger partial charge is 0.257 e. The summed E-state index contributed by atoms with van der Waals surface area (Å²) in [6.45, 7) is 0. The van der Waals surface area contributed by atoms with E-state index in [-0.39, 0.29) is 6.04 Å². The summed E-state index contributed by atoms with van der Waals surface area (Å²) in [4.78, 5) is 1.24. The van der Waals surface area contributed by atoms with Gasteiger partial charge in [-0.15, -0.1) is 11.8 Å². The van der Waals surface area contributed by atoms with Crippen LogP contribution in [0.15, 0.2) is 125 Å². The minimum Gasteiger partial charge on any atom is -0.257 e. The van der Waals surface area contributed by atoms with Crippen LogP contribution in [0, 0.1) is 0 Å². The number of thioether (sulfide) groups is 1. The zero-order valence-electron chi connectivity index (χ0n) is 20.3. The molecule has 0 amide bonds. The van der Waals surface area contributed by atoms with Gasteiger partial charge in [0.2, 0.25) is 0 Å². The second-order valence-corrected chi connectivity index (χ2v) is 10.2.